The average Bonchev–Trinajstić information content (AvgIpc) is 2.67. The number of allylic oxidation sites excluding steroid dienone is 2. The topological polar surface area (TPSA) is 86.9 Å². The third kappa shape index (κ3) is 3.62. The zero-order valence-corrected chi connectivity index (χ0v) is 14.7. The lowest BCUT2D eigenvalue weighted by Crippen LogP contribution is -2.46. The van der Waals surface area contributed by atoms with Crippen molar-refractivity contribution in [1.29, 1.82) is 0 Å². The van der Waals surface area contributed by atoms with Gasteiger partial charge in [0.15, 0.2) is 0 Å². The van der Waals surface area contributed by atoms with Crippen LogP contribution in [0.1, 0.15) is 6.92 Å². The summed E-state index contributed by atoms with van der Waals surface area (Å²) >= 11 is 0. The summed E-state index contributed by atoms with van der Waals surface area (Å²) in [7, 11) is 1.60. The maximum absolute atomic E-state index is 12.9. The van der Waals surface area contributed by atoms with Gasteiger partial charge in [0, 0.05) is 12.4 Å². The smallest absolute Gasteiger partial charge is 0.248 e. The van der Waals surface area contributed by atoms with Crippen molar-refractivity contribution in [2.45, 2.75) is 6.92 Å². The van der Waals surface area contributed by atoms with Gasteiger partial charge in [0.05, 0.1) is 25.9 Å². The van der Waals surface area contributed by atoms with Gasteiger partial charge in [0.1, 0.15) is 23.3 Å². The number of rotatable bonds is 5. The number of carbonyl (C=O) groups excluding carboxylic acids is 1. The number of hydrogen-bond acceptors (Lipinski definition) is 5. The maximum Gasteiger partial charge on any atom is 0.248 e. The number of benzene rings is 1. The van der Waals surface area contributed by atoms with E-state index in [1.54, 1.807) is 49.9 Å². The number of aliphatic imine (C=N–C) groups is 3. The third-order valence-corrected chi connectivity index (χ3v) is 3.98. The van der Waals surface area contributed by atoms with Crippen LogP contribution < -0.4 is 4.74 Å². The molecule has 7 nitrogen and oxygen atoms in total. The van der Waals surface area contributed by atoms with E-state index in [1.807, 2.05) is 13.0 Å². The highest BCUT2D eigenvalue weighted by atomic mass is 16.5. The van der Waals surface area contributed by atoms with Gasteiger partial charge in [-0.05, 0) is 42.8 Å². The number of amidine groups is 2. The molecule has 2 aliphatic rings. The SMILES string of the molecule is COc1ccc(N=CC2C(=O)N3C=CC=C(C)C3=NC2=NCCO)cc1. The van der Waals surface area contributed by atoms with E-state index in [-0.39, 0.29) is 19.1 Å². The minimum atomic E-state index is -0.706. The summed E-state index contributed by atoms with van der Waals surface area (Å²) in [4.78, 5) is 27.6. The molecule has 134 valence electrons. The molecule has 26 heavy (non-hydrogen) atoms. The molecule has 3 rings (SSSR count). The van der Waals surface area contributed by atoms with Crippen LogP contribution in [0, 0.1) is 5.92 Å². The fourth-order valence-electron chi connectivity index (χ4n) is 2.62. The van der Waals surface area contributed by atoms with Crippen LogP contribution in [0.5, 0.6) is 5.75 Å². The highest BCUT2D eigenvalue weighted by molar-refractivity contribution is 6.28. The predicted molar refractivity (Wildman–Crippen MR) is 101 cm³/mol. The molecular formula is C19H20N4O3. The number of hydrogen-bond donors (Lipinski definition) is 1. The van der Waals surface area contributed by atoms with E-state index in [0.29, 0.717) is 17.4 Å². The summed E-state index contributed by atoms with van der Waals surface area (Å²) in [6, 6.07) is 7.20. The summed E-state index contributed by atoms with van der Waals surface area (Å²) in [5, 5.41) is 9.07. The van der Waals surface area contributed by atoms with Crippen molar-refractivity contribution in [3.05, 3.63) is 48.2 Å². The minimum Gasteiger partial charge on any atom is -0.497 e. The van der Waals surface area contributed by atoms with Gasteiger partial charge in [0.25, 0.3) is 0 Å². The first-order chi connectivity index (χ1) is 12.6. The van der Waals surface area contributed by atoms with Crippen LogP contribution in [0.2, 0.25) is 0 Å². The molecule has 0 bridgehead atoms. The molecule has 0 saturated heterocycles. The zero-order chi connectivity index (χ0) is 18.5. The number of fused-ring (bicyclic) bond motifs is 1. The molecule has 1 atom stereocenters. The molecule has 2 heterocycles. The summed E-state index contributed by atoms with van der Waals surface area (Å²) in [5.41, 5.74) is 1.57. The van der Waals surface area contributed by atoms with Gasteiger partial charge in [-0.1, -0.05) is 6.08 Å². The van der Waals surface area contributed by atoms with Crippen molar-refractivity contribution in [3.8, 4) is 5.75 Å². The van der Waals surface area contributed by atoms with Gasteiger partial charge in [-0.15, -0.1) is 0 Å². The Bertz CT molecular complexity index is 835. The summed E-state index contributed by atoms with van der Waals surface area (Å²) in [6.45, 7) is 1.96. The van der Waals surface area contributed by atoms with Crippen molar-refractivity contribution < 1.29 is 14.6 Å². The lowest BCUT2D eigenvalue weighted by molar-refractivity contribution is -0.126. The first-order valence-electron chi connectivity index (χ1n) is 8.24. The molecule has 1 unspecified atom stereocenters. The molecule has 0 saturated carbocycles. The number of carbonyl (C=O) groups is 1. The second kappa shape index (κ2) is 7.88. The van der Waals surface area contributed by atoms with E-state index in [0.717, 1.165) is 11.3 Å². The molecule has 2 aliphatic heterocycles. The van der Waals surface area contributed by atoms with Crippen LogP contribution in [-0.2, 0) is 4.79 Å². The van der Waals surface area contributed by atoms with Crippen LogP contribution in [0.15, 0.2) is 63.2 Å². The monoisotopic (exact) mass is 352 g/mol. The highest BCUT2D eigenvalue weighted by Gasteiger charge is 2.35. The Kier molecular flexibility index (Phi) is 5.38. The van der Waals surface area contributed by atoms with Crippen LogP contribution in [0.3, 0.4) is 0 Å². The highest BCUT2D eigenvalue weighted by Crippen LogP contribution is 2.22. The fourth-order valence-corrected chi connectivity index (χ4v) is 2.62. The largest absolute Gasteiger partial charge is 0.497 e. The summed E-state index contributed by atoms with van der Waals surface area (Å²) in [6.07, 6.45) is 6.92. The standard InChI is InChI=1S/C19H20N4O3/c1-13-4-3-10-23-18(13)22-17(20-9-11-24)16(19(23)25)12-21-14-5-7-15(26-2)8-6-14/h3-8,10,12,16,24H,9,11H2,1-2H3. The van der Waals surface area contributed by atoms with E-state index in [1.165, 1.54) is 4.90 Å². The van der Waals surface area contributed by atoms with E-state index in [9.17, 15) is 4.79 Å². The molecule has 0 aromatic heterocycles. The van der Waals surface area contributed by atoms with Gasteiger partial charge in [-0.2, -0.15) is 0 Å². The van der Waals surface area contributed by atoms with Gasteiger partial charge in [0.2, 0.25) is 5.91 Å². The Morgan fingerprint density at radius 3 is 2.81 bits per heavy atom. The lowest BCUT2D eigenvalue weighted by Gasteiger charge is -2.30. The van der Waals surface area contributed by atoms with Crippen molar-refractivity contribution in [2.75, 3.05) is 20.3 Å². The van der Waals surface area contributed by atoms with Crippen LogP contribution >= 0.6 is 0 Å². The van der Waals surface area contributed by atoms with Gasteiger partial charge in [-0.3, -0.25) is 19.7 Å². The number of aliphatic hydroxyl groups is 1. The normalized spacial score (nSPS) is 21.0. The second-order valence-electron chi connectivity index (χ2n) is 5.75. The Hall–Kier alpha value is -3.06. The molecule has 7 heteroatoms. The van der Waals surface area contributed by atoms with Crippen LogP contribution in [0.25, 0.3) is 0 Å². The molecule has 1 amide bonds. The first kappa shape index (κ1) is 17.8. The number of ether oxygens (including phenoxy) is 1. The van der Waals surface area contributed by atoms with Crippen LogP contribution in [0.4, 0.5) is 5.69 Å². The average molecular weight is 352 g/mol. The first-order valence-corrected chi connectivity index (χ1v) is 8.24. The van der Waals surface area contributed by atoms with Crippen molar-refractivity contribution in [2.24, 2.45) is 20.9 Å². The van der Waals surface area contributed by atoms with E-state index in [4.69, 9.17) is 9.84 Å². The van der Waals surface area contributed by atoms with Gasteiger partial charge < -0.3 is 9.84 Å². The summed E-state index contributed by atoms with van der Waals surface area (Å²) < 4.78 is 5.13. The molecule has 0 spiro atoms. The molecule has 1 N–H and O–H groups in total. The fraction of sp³-hybridized carbons (Fsp3) is 0.263. The van der Waals surface area contributed by atoms with E-state index in [2.05, 4.69) is 15.0 Å². The zero-order valence-electron chi connectivity index (χ0n) is 14.7. The quantitative estimate of drug-likeness (QED) is 0.824. The maximum atomic E-state index is 12.9. The predicted octanol–water partition coefficient (Wildman–Crippen LogP) is 2.12. The number of amides is 1. The van der Waals surface area contributed by atoms with Crippen molar-refractivity contribution >= 4 is 29.5 Å². The molecule has 0 aliphatic carbocycles. The number of methoxy groups -OCH3 is 1. The van der Waals surface area contributed by atoms with Gasteiger partial charge >= 0.3 is 0 Å². The molecular weight excluding hydrogens is 332 g/mol. The molecule has 0 fully saturated rings. The Balaban J connectivity index is 1.92. The van der Waals surface area contributed by atoms with E-state index < -0.39 is 5.92 Å². The molecule has 1 aromatic carbocycles. The number of aliphatic hydroxyl groups excluding tert-OH is 1. The Morgan fingerprint density at radius 2 is 2.12 bits per heavy atom. The Morgan fingerprint density at radius 1 is 1.35 bits per heavy atom. The third-order valence-electron chi connectivity index (χ3n) is 3.98. The van der Waals surface area contributed by atoms with Crippen molar-refractivity contribution in [1.82, 2.24) is 4.90 Å². The summed E-state index contributed by atoms with van der Waals surface area (Å²) in [5.74, 6) is 0.771. The molecule has 0 radical (unpaired) electrons. The van der Waals surface area contributed by atoms with Crippen molar-refractivity contribution in [3.63, 3.8) is 0 Å². The van der Waals surface area contributed by atoms with Gasteiger partial charge in [-0.25, -0.2) is 4.99 Å². The lowest BCUT2D eigenvalue weighted by atomic mass is 10.0. The second-order valence-corrected chi connectivity index (χ2v) is 5.75. The van der Waals surface area contributed by atoms with E-state index >= 15 is 0 Å². The number of nitrogens with zero attached hydrogens (tertiary/aromatic N) is 4. The van der Waals surface area contributed by atoms with Crippen LogP contribution in [-0.4, -0.2) is 54.1 Å². The Labute approximate surface area is 151 Å². The molecule has 1 aromatic rings. The minimum absolute atomic E-state index is 0.108.